The lowest BCUT2D eigenvalue weighted by Gasteiger charge is -2.32. The molecule has 0 heterocycles. The van der Waals surface area contributed by atoms with Crippen molar-refractivity contribution in [3.8, 4) is 0 Å². The summed E-state index contributed by atoms with van der Waals surface area (Å²) in [6.07, 6.45) is 8.40. The highest BCUT2D eigenvalue weighted by Crippen LogP contribution is 2.64. The normalized spacial score (nSPS) is 44.6. The van der Waals surface area contributed by atoms with Gasteiger partial charge in [-0.2, -0.15) is 0 Å². The molecule has 0 amide bonds. The fourth-order valence-electron chi connectivity index (χ4n) is 5.39. The number of carbonyl (C=O) groups excluding carboxylic acids is 1. The SMILES string of the molecule is CC12CCC(CC1=O)C2(C)C.CC1=CCC2C(C1)C2(C)C. The summed E-state index contributed by atoms with van der Waals surface area (Å²) in [7, 11) is 0. The average Bonchev–Trinajstić information content (AvgIpc) is 2.78. The van der Waals surface area contributed by atoms with E-state index in [1.54, 1.807) is 5.57 Å². The summed E-state index contributed by atoms with van der Waals surface area (Å²) in [6.45, 7) is 13.8. The topological polar surface area (TPSA) is 17.1 Å². The molecule has 1 heteroatoms. The molecule has 4 aliphatic carbocycles. The maximum absolute atomic E-state index is 11.6. The van der Waals surface area contributed by atoms with E-state index in [9.17, 15) is 4.79 Å². The van der Waals surface area contributed by atoms with E-state index in [1.165, 1.54) is 19.3 Å². The summed E-state index contributed by atoms with van der Waals surface area (Å²) in [6, 6.07) is 0. The van der Waals surface area contributed by atoms with Crippen molar-refractivity contribution in [1.82, 2.24) is 0 Å². The van der Waals surface area contributed by atoms with Gasteiger partial charge < -0.3 is 0 Å². The van der Waals surface area contributed by atoms with Gasteiger partial charge >= 0.3 is 0 Å². The third-order valence-corrected chi connectivity index (χ3v) is 8.03. The number of allylic oxidation sites excluding steroid dienone is 2. The second kappa shape index (κ2) is 4.46. The van der Waals surface area contributed by atoms with Crippen molar-refractivity contribution in [2.75, 3.05) is 0 Å². The summed E-state index contributed by atoms with van der Waals surface area (Å²) < 4.78 is 0. The Morgan fingerprint density at radius 1 is 1.05 bits per heavy atom. The molecular weight excluding hydrogens is 256 g/mol. The molecule has 0 aromatic heterocycles. The molecule has 0 aromatic carbocycles. The Labute approximate surface area is 130 Å². The lowest BCUT2D eigenvalue weighted by atomic mass is 9.70. The van der Waals surface area contributed by atoms with Crippen molar-refractivity contribution >= 4 is 5.78 Å². The second-order valence-corrected chi connectivity index (χ2v) is 9.44. The van der Waals surface area contributed by atoms with Crippen LogP contribution in [0.2, 0.25) is 0 Å². The monoisotopic (exact) mass is 288 g/mol. The number of Topliss-reactive ketones (excluding diaryl/α,β-unsaturated/α-hetero) is 1. The van der Waals surface area contributed by atoms with E-state index in [-0.39, 0.29) is 10.8 Å². The van der Waals surface area contributed by atoms with Crippen molar-refractivity contribution in [3.63, 3.8) is 0 Å². The summed E-state index contributed by atoms with van der Waals surface area (Å²) >= 11 is 0. The maximum Gasteiger partial charge on any atom is 0.139 e. The first-order valence-electron chi connectivity index (χ1n) is 8.79. The van der Waals surface area contributed by atoms with Gasteiger partial charge in [0.2, 0.25) is 0 Å². The van der Waals surface area contributed by atoms with Crippen LogP contribution in [0.25, 0.3) is 0 Å². The predicted octanol–water partition coefficient (Wildman–Crippen LogP) is 5.40. The first kappa shape index (κ1) is 15.3. The first-order chi connectivity index (χ1) is 9.60. The molecule has 4 aliphatic rings. The third kappa shape index (κ3) is 2.06. The molecule has 1 nitrogen and oxygen atoms in total. The molecule has 0 spiro atoms. The summed E-state index contributed by atoms with van der Waals surface area (Å²) in [5, 5.41) is 0. The van der Waals surface area contributed by atoms with Crippen LogP contribution >= 0.6 is 0 Å². The number of hydrogen-bond acceptors (Lipinski definition) is 1. The fraction of sp³-hybridized carbons (Fsp3) is 0.850. The number of fused-ring (bicyclic) bond motifs is 3. The van der Waals surface area contributed by atoms with Crippen LogP contribution in [-0.2, 0) is 4.79 Å². The van der Waals surface area contributed by atoms with E-state index >= 15 is 0 Å². The van der Waals surface area contributed by atoms with Crippen molar-refractivity contribution in [1.29, 1.82) is 0 Å². The Bertz CT molecular complexity index is 496. The molecule has 4 unspecified atom stereocenters. The van der Waals surface area contributed by atoms with Crippen molar-refractivity contribution in [2.45, 2.75) is 73.6 Å². The molecule has 0 radical (unpaired) electrons. The van der Waals surface area contributed by atoms with E-state index in [4.69, 9.17) is 0 Å². The van der Waals surface area contributed by atoms with Crippen LogP contribution in [0.5, 0.6) is 0 Å². The van der Waals surface area contributed by atoms with Crippen LogP contribution in [-0.4, -0.2) is 5.78 Å². The Balaban J connectivity index is 0.000000126. The fourth-order valence-corrected chi connectivity index (χ4v) is 5.39. The average molecular weight is 288 g/mol. The minimum atomic E-state index is 0.0255. The smallest absolute Gasteiger partial charge is 0.139 e. The van der Waals surface area contributed by atoms with Gasteiger partial charge in [0.05, 0.1) is 0 Å². The van der Waals surface area contributed by atoms with Gasteiger partial charge in [0.15, 0.2) is 0 Å². The summed E-state index contributed by atoms with van der Waals surface area (Å²) in [5.41, 5.74) is 2.60. The molecule has 0 N–H and O–H groups in total. The molecular formula is C20H32O. The van der Waals surface area contributed by atoms with Crippen LogP contribution in [0.4, 0.5) is 0 Å². The molecule has 3 saturated carbocycles. The molecule has 4 rings (SSSR count). The van der Waals surface area contributed by atoms with Crippen LogP contribution < -0.4 is 0 Å². The van der Waals surface area contributed by atoms with Crippen molar-refractivity contribution in [3.05, 3.63) is 11.6 Å². The minimum Gasteiger partial charge on any atom is -0.299 e. The van der Waals surface area contributed by atoms with Gasteiger partial charge in [0.1, 0.15) is 5.78 Å². The van der Waals surface area contributed by atoms with Gasteiger partial charge in [-0.05, 0) is 61.2 Å². The van der Waals surface area contributed by atoms with E-state index in [2.05, 4.69) is 47.6 Å². The first-order valence-corrected chi connectivity index (χ1v) is 8.79. The number of ketones is 1. The third-order valence-electron chi connectivity index (χ3n) is 8.03. The molecule has 0 saturated heterocycles. The molecule has 2 bridgehead atoms. The molecule has 0 aliphatic heterocycles. The van der Waals surface area contributed by atoms with Gasteiger partial charge in [0, 0.05) is 11.8 Å². The van der Waals surface area contributed by atoms with Crippen LogP contribution in [0.15, 0.2) is 11.6 Å². The Kier molecular flexibility index (Phi) is 3.25. The molecule has 3 fully saturated rings. The highest BCUT2D eigenvalue weighted by Gasteiger charge is 2.61. The predicted molar refractivity (Wildman–Crippen MR) is 88.0 cm³/mol. The summed E-state index contributed by atoms with van der Waals surface area (Å²) in [4.78, 5) is 11.6. The Morgan fingerprint density at radius 3 is 2.05 bits per heavy atom. The van der Waals surface area contributed by atoms with Crippen LogP contribution in [0, 0.1) is 34.0 Å². The van der Waals surface area contributed by atoms with Crippen molar-refractivity contribution in [2.24, 2.45) is 34.0 Å². The molecule has 21 heavy (non-hydrogen) atoms. The van der Waals surface area contributed by atoms with Gasteiger partial charge in [-0.1, -0.05) is 46.3 Å². The van der Waals surface area contributed by atoms with E-state index in [0.717, 1.165) is 24.7 Å². The standard InChI is InChI=1S/C10H16O.C10H16/c1-9(2)7-4-5-10(9,3)8(11)6-7;1-7-4-5-8-9(6-7)10(8,2)3/h7H,4-6H2,1-3H3;4,8-9H,5-6H2,1-3H3. The minimum absolute atomic E-state index is 0.0255. The molecule has 4 atom stereocenters. The van der Waals surface area contributed by atoms with Crippen LogP contribution in [0.1, 0.15) is 73.6 Å². The number of hydrogen-bond donors (Lipinski definition) is 0. The highest BCUT2D eigenvalue weighted by atomic mass is 16.1. The van der Waals surface area contributed by atoms with Gasteiger partial charge in [-0.15, -0.1) is 0 Å². The zero-order valence-corrected chi connectivity index (χ0v) is 14.8. The quantitative estimate of drug-likeness (QED) is 0.545. The van der Waals surface area contributed by atoms with Gasteiger partial charge in [-0.3, -0.25) is 4.79 Å². The van der Waals surface area contributed by atoms with E-state index in [0.29, 0.717) is 17.1 Å². The van der Waals surface area contributed by atoms with Gasteiger partial charge in [0.25, 0.3) is 0 Å². The van der Waals surface area contributed by atoms with E-state index < -0.39 is 0 Å². The van der Waals surface area contributed by atoms with Crippen LogP contribution in [0.3, 0.4) is 0 Å². The highest BCUT2D eigenvalue weighted by molar-refractivity contribution is 5.89. The number of rotatable bonds is 0. The Morgan fingerprint density at radius 2 is 1.71 bits per heavy atom. The lowest BCUT2D eigenvalue weighted by Crippen LogP contribution is -2.32. The van der Waals surface area contributed by atoms with Crippen molar-refractivity contribution < 1.29 is 4.79 Å². The largest absolute Gasteiger partial charge is 0.299 e. The van der Waals surface area contributed by atoms with E-state index in [1.807, 2.05) is 0 Å². The molecule has 118 valence electrons. The lowest BCUT2D eigenvalue weighted by molar-refractivity contribution is -0.128. The second-order valence-electron chi connectivity index (χ2n) is 9.44. The van der Waals surface area contributed by atoms with Gasteiger partial charge in [-0.25, -0.2) is 0 Å². The maximum atomic E-state index is 11.6. The zero-order valence-electron chi connectivity index (χ0n) is 14.8. The summed E-state index contributed by atoms with van der Waals surface area (Å²) in [5.74, 6) is 3.24. The Hall–Kier alpha value is -0.590. The number of carbonyl (C=O) groups is 1. The molecule has 0 aromatic rings. The zero-order chi connectivity index (χ0) is 15.6.